The Morgan fingerprint density at radius 3 is 3.04 bits per heavy atom. The van der Waals surface area contributed by atoms with Crippen LogP contribution in [0, 0.1) is 6.92 Å². The molecule has 0 unspecified atom stereocenters. The molecule has 122 valence electrons. The van der Waals surface area contributed by atoms with Crippen molar-refractivity contribution in [3.8, 4) is 0 Å². The lowest BCUT2D eigenvalue weighted by Crippen LogP contribution is -2.34. The van der Waals surface area contributed by atoms with E-state index in [1.165, 1.54) is 0 Å². The van der Waals surface area contributed by atoms with Gasteiger partial charge in [-0.05, 0) is 43.2 Å². The molecule has 0 radical (unpaired) electrons. The Labute approximate surface area is 139 Å². The van der Waals surface area contributed by atoms with Gasteiger partial charge in [-0.25, -0.2) is 5.43 Å². The van der Waals surface area contributed by atoms with Crippen molar-refractivity contribution < 1.29 is 14.3 Å². The molecule has 1 N–H and O–H groups in total. The highest BCUT2D eigenvalue weighted by Crippen LogP contribution is 2.22. The number of hydrazone groups is 1. The summed E-state index contributed by atoms with van der Waals surface area (Å²) in [6.45, 7) is 3.59. The predicted octanol–water partition coefficient (Wildman–Crippen LogP) is 1.75. The van der Waals surface area contributed by atoms with Crippen molar-refractivity contribution in [1.29, 1.82) is 0 Å². The summed E-state index contributed by atoms with van der Waals surface area (Å²) in [6, 6.07) is 7.32. The number of aryl methyl sites for hydroxylation is 1. The number of amides is 1. The minimum atomic E-state index is -0.271. The summed E-state index contributed by atoms with van der Waals surface area (Å²) in [4.78, 5) is 25.8. The van der Waals surface area contributed by atoms with E-state index in [-0.39, 0.29) is 17.1 Å². The fourth-order valence-corrected chi connectivity index (χ4v) is 3.46. The molecule has 6 nitrogen and oxygen atoms in total. The van der Waals surface area contributed by atoms with Gasteiger partial charge in [0.15, 0.2) is 5.17 Å². The van der Waals surface area contributed by atoms with Crippen molar-refractivity contribution in [2.45, 2.75) is 25.9 Å². The minimum absolute atomic E-state index is 0.0342. The molecule has 2 aliphatic heterocycles. The van der Waals surface area contributed by atoms with E-state index in [1.807, 2.05) is 30.0 Å². The second-order valence-corrected chi connectivity index (χ2v) is 6.66. The summed E-state index contributed by atoms with van der Waals surface area (Å²) in [5, 5.41) is 4.71. The summed E-state index contributed by atoms with van der Waals surface area (Å²) >= 11 is 1.07. The molecule has 0 saturated carbocycles. The summed E-state index contributed by atoms with van der Waals surface area (Å²) in [6.07, 6.45) is 2.19. The first-order chi connectivity index (χ1) is 11.1. The van der Waals surface area contributed by atoms with Gasteiger partial charge in [0.1, 0.15) is 0 Å². The molecule has 0 aliphatic carbocycles. The number of amidine groups is 1. The molecule has 7 heteroatoms. The van der Waals surface area contributed by atoms with Crippen molar-refractivity contribution in [2.24, 2.45) is 5.10 Å². The summed E-state index contributed by atoms with van der Waals surface area (Å²) in [5.41, 5.74) is 4.02. The average Bonchev–Trinajstić information content (AvgIpc) is 3.15. The monoisotopic (exact) mass is 333 g/mol. The van der Waals surface area contributed by atoms with E-state index in [4.69, 9.17) is 4.74 Å². The molecule has 2 saturated heterocycles. The lowest BCUT2D eigenvalue weighted by atomic mass is 10.1. The molecule has 2 heterocycles. The zero-order valence-corrected chi connectivity index (χ0v) is 13.8. The molecule has 2 aliphatic rings. The molecule has 1 aromatic carbocycles. The third-order valence-corrected chi connectivity index (χ3v) is 4.78. The first-order valence-electron chi connectivity index (χ1n) is 7.64. The Bertz CT molecular complexity index is 641. The van der Waals surface area contributed by atoms with Crippen LogP contribution in [-0.4, -0.2) is 46.9 Å². The third kappa shape index (κ3) is 3.92. The number of carbonyl (C=O) groups is 2. The van der Waals surface area contributed by atoms with E-state index in [0.29, 0.717) is 23.8 Å². The third-order valence-electron chi connectivity index (χ3n) is 3.89. The average molecular weight is 333 g/mol. The van der Waals surface area contributed by atoms with Gasteiger partial charge in [-0.2, -0.15) is 0 Å². The van der Waals surface area contributed by atoms with E-state index >= 15 is 0 Å². The Morgan fingerprint density at radius 2 is 2.30 bits per heavy atom. The van der Waals surface area contributed by atoms with E-state index in [2.05, 4.69) is 10.5 Å². The normalized spacial score (nSPS) is 22.8. The lowest BCUT2D eigenvalue weighted by molar-refractivity contribution is -0.110. The van der Waals surface area contributed by atoms with Crippen LogP contribution in [-0.2, 0) is 9.53 Å². The van der Waals surface area contributed by atoms with Gasteiger partial charge in [0, 0.05) is 18.7 Å². The second-order valence-electron chi connectivity index (χ2n) is 5.64. The van der Waals surface area contributed by atoms with Crippen molar-refractivity contribution in [3.05, 3.63) is 35.4 Å². The van der Waals surface area contributed by atoms with Gasteiger partial charge in [0.05, 0.1) is 12.6 Å². The molecule has 1 atom stereocenters. The maximum absolute atomic E-state index is 12.2. The Hall–Kier alpha value is -1.86. The second kappa shape index (κ2) is 7.14. The molecular formula is C16H19N3O3S. The molecule has 0 aromatic heterocycles. The van der Waals surface area contributed by atoms with Gasteiger partial charge in [0.2, 0.25) is 5.12 Å². The topological polar surface area (TPSA) is 71.0 Å². The molecule has 23 heavy (non-hydrogen) atoms. The van der Waals surface area contributed by atoms with Gasteiger partial charge < -0.3 is 9.64 Å². The van der Waals surface area contributed by atoms with Crippen LogP contribution >= 0.6 is 11.8 Å². The van der Waals surface area contributed by atoms with Crippen LogP contribution < -0.4 is 5.43 Å². The van der Waals surface area contributed by atoms with Gasteiger partial charge in [-0.15, -0.1) is 5.10 Å². The quantitative estimate of drug-likeness (QED) is 0.850. The molecule has 2 fully saturated rings. The molecular weight excluding hydrogens is 314 g/mol. The van der Waals surface area contributed by atoms with Crippen molar-refractivity contribution in [1.82, 2.24) is 10.3 Å². The maximum atomic E-state index is 12.2. The van der Waals surface area contributed by atoms with Gasteiger partial charge in [-0.1, -0.05) is 18.2 Å². The van der Waals surface area contributed by atoms with E-state index in [0.717, 1.165) is 36.8 Å². The molecule has 1 amide bonds. The summed E-state index contributed by atoms with van der Waals surface area (Å²) in [7, 11) is 0. The maximum Gasteiger partial charge on any atom is 0.271 e. The van der Waals surface area contributed by atoms with E-state index in [1.54, 1.807) is 6.07 Å². The smallest absolute Gasteiger partial charge is 0.271 e. The highest BCUT2D eigenvalue weighted by molar-refractivity contribution is 8.26. The van der Waals surface area contributed by atoms with Gasteiger partial charge in [-0.3, -0.25) is 9.59 Å². The van der Waals surface area contributed by atoms with Crippen LogP contribution in [0.1, 0.15) is 28.8 Å². The number of benzene rings is 1. The molecule has 0 bridgehead atoms. The molecule has 3 rings (SSSR count). The number of carbonyl (C=O) groups excluding carboxylic acids is 2. The van der Waals surface area contributed by atoms with Crippen LogP contribution in [0.3, 0.4) is 0 Å². The van der Waals surface area contributed by atoms with Crippen LogP contribution in [0.15, 0.2) is 29.4 Å². The number of hydrogen-bond acceptors (Lipinski definition) is 5. The van der Waals surface area contributed by atoms with Crippen LogP contribution in [0.5, 0.6) is 0 Å². The summed E-state index contributed by atoms with van der Waals surface area (Å²) < 4.78 is 5.60. The van der Waals surface area contributed by atoms with Crippen LogP contribution in [0.4, 0.5) is 0 Å². The van der Waals surface area contributed by atoms with E-state index in [9.17, 15) is 9.59 Å². The fourth-order valence-electron chi connectivity index (χ4n) is 2.68. The number of ether oxygens (including phenoxy) is 1. The largest absolute Gasteiger partial charge is 0.376 e. The minimum Gasteiger partial charge on any atom is -0.376 e. The van der Waals surface area contributed by atoms with Crippen molar-refractivity contribution in [3.63, 3.8) is 0 Å². The summed E-state index contributed by atoms with van der Waals surface area (Å²) in [5.74, 6) is -0.271. The van der Waals surface area contributed by atoms with Crippen LogP contribution in [0.2, 0.25) is 0 Å². The number of rotatable bonds is 4. The first kappa shape index (κ1) is 16.0. The van der Waals surface area contributed by atoms with Gasteiger partial charge in [0.25, 0.3) is 5.91 Å². The van der Waals surface area contributed by atoms with Crippen LogP contribution in [0.25, 0.3) is 0 Å². The number of nitrogens with one attached hydrogen (secondary N) is 1. The van der Waals surface area contributed by atoms with Crippen molar-refractivity contribution >= 4 is 28.0 Å². The zero-order valence-electron chi connectivity index (χ0n) is 12.9. The zero-order chi connectivity index (χ0) is 16.2. The lowest BCUT2D eigenvalue weighted by Gasteiger charge is -2.20. The standard InChI is InChI=1S/C16H19N3O3S/c1-11-5-2-3-7-13(11)15(21)17-18-16-19(10-14(20)23-16)9-12-6-4-8-22-12/h2-3,5,7,12H,4,6,8-10H2,1H3,(H,17,21)/b18-16-/t12-/m1/s1. The van der Waals surface area contributed by atoms with Gasteiger partial charge >= 0.3 is 0 Å². The highest BCUT2D eigenvalue weighted by Gasteiger charge is 2.30. The van der Waals surface area contributed by atoms with Crippen molar-refractivity contribution in [2.75, 3.05) is 19.7 Å². The SMILES string of the molecule is Cc1ccccc1C(=O)N/N=C1\SC(=O)CN1C[C@H]1CCCO1. The Kier molecular flexibility index (Phi) is 4.97. The molecule has 0 spiro atoms. The number of hydrogen-bond donors (Lipinski definition) is 1. The highest BCUT2D eigenvalue weighted by atomic mass is 32.2. The van der Waals surface area contributed by atoms with E-state index < -0.39 is 0 Å². The number of nitrogens with zero attached hydrogens (tertiary/aromatic N) is 2. The fraction of sp³-hybridized carbons (Fsp3) is 0.438. The Morgan fingerprint density at radius 1 is 1.48 bits per heavy atom. The first-order valence-corrected chi connectivity index (χ1v) is 8.46. The predicted molar refractivity (Wildman–Crippen MR) is 89.2 cm³/mol. The Balaban J connectivity index is 1.66. The molecule has 1 aromatic rings. The number of thioether (sulfide) groups is 1.